The lowest BCUT2D eigenvalue weighted by molar-refractivity contribution is -0.117. The van der Waals surface area contributed by atoms with Crippen molar-refractivity contribution in [2.75, 3.05) is 12.9 Å². The van der Waals surface area contributed by atoms with Crippen molar-refractivity contribution in [3.63, 3.8) is 0 Å². The van der Waals surface area contributed by atoms with Crippen LogP contribution in [0.15, 0.2) is 29.2 Å². The third-order valence-corrected chi connectivity index (χ3v) is 3.39. The molecule has 0 spiro atoms. The summed E-state index contributed by atoms with van der Waals surface area (Å²) >= 11 is 1.79. The molecule has 1 aromatic carbocycles. The second-order valence-electron chi connectivity index (χ2n) is 3.66. The van der Waals surface area contributed by atoms with E-state index in [1.165, 1.54) is 4.90 Å². The highest BCUT2D eigenvalue weighted by atomic mass is 32.2. The number of ether oxygens (including phenoxy) is 1. The van der Waals surface area contributed by atoms with E-state index >= 15 is 0 Å². The smallest absolute Gasteiger partial charge is 0.132 e. The third-order valence-electron chi connectivity index (χ3n) is 2.25. The summed E-state index contributed by atoms with van der Waals surface area (Å²) in [5.41, 5.74) is 0. The molecule has 0 amide bonds. The van der Waals surface area contributed by atoms with Gasteiger partial charge in [-0.05, 0) is 37.7 Å². The highest BCUT2D eigenvalue weighted by Crippen LogP contribution is 2.29. The van der Waals surface area contributed by atoms with Crippen molar-refractivity contribution >= 4 is 17.5 Å². The Kier molecular flexibility index (Phi) is 6.01. The largest absolute Gasteiger partial charge is 0.496 e. The van der Waals surface area contributed by atoms with E-state index in [1.54, 1.807) is 25.8 Å². The van der Waals surface area contributed by atoms with Crippen molar-refractivity contribution in [2.24, 2.45) is 0 Å². The fourth-order valence-electron chi connectivity index (χ4n) is 1.40. The molecule has 1 rings (SSSR count). The Morgan fingerprint density at radius 1 is 1.31 bits per heavy atom. The van der Waals surface area contributed by atoms with Gasteiger partial charge >= 0.3 is 0 Å². The first-order valence-corrected chi connectivity index (χ1v) is 6.48. The van der Waals surface area contributed by atoms with Crippen molar-refractivity contribution in [2.45, 2.75) is 31.1 Å². The maximum absolute atomic E-state index is 10.8. The molecule has 0 N–H and O–H groups in total. The van der Waals surface area contributed by atoms with E-state index < -0.39 is 0 Å². The number of carbonyl (C=O) groups is 1. The zero-order valence-corrected chi connectivity index (χ0v) is 10.7. The van der Waals surface area contributed by atoms with E-state index in [1.807, 2.05) is 18.2 Å². The molecule has 0 aliphatic rings. The minimum Gasteiger partial charge on any atom is -0.496 e. The molecule has 0 heterocycles. The van der Waals surface area contributed by atoms with Gasteiger partial charge in [-0.2, -0.15) is 0 Å². The van der Waals surface area contributed by atoms with Gasteiger partial charge in [0.25, 0.3) is 0 Å². The number of thioether (sulfide) groups is 1. The normalized spacial score (nSPS) is 10.1. The van der Waals surface area contributed by atoms with Crippen LogP contribution in [0.5, 0.6) is 5.75 Å². The van der Waals surface area contributed by atoms with Crippen LogP contribution >= 0.6 is 11.8 Å². The number of benzene rings is 1. The van der Waals surface area contributed by atoms with Gasteiger partial charge < -0.3 is 9.53 Å². The minimum absolute atomic E-state index is 0.280. The summed E-state index contributed by atoms with van der Waals surface area (Å²) in [6.45, 7) is 1.65. The van der Waals surface area contributed by atoms with Gasteiger partial charge in [0.15, 0.2) is 0 Å². The average molecular weight is 238 g/mol. The van der Waals surface area contributed by atoms with Crippen molar-refractivity contribution in [1.29, 1.82) is 0 Å². The predicted molar refractivity (Wildman–Crippen MR) is 68.3 cm³/mol. The molecule has 0 unspecified atom stereocenters. The van der Waals surface area contributed by atoms with E-state index in [0.29, 0.717) is 6.42 Å². The lowest BCUT2D eigenvalue weighted by Gasteiger charge is -2.06. The number of methoxy groups -OCH3 is 1. The second-order valence-corrected chi connectivity index (χ2v) is 4.80. The number of ketones is 1. The molecule has 0 atom stereocenters. The standard InChI is InChI=1S/C13H18O2S/c1-11(14)7-5-6-10-16-13-9-4-3-8-12(13)15-2/h3-4,8-9H,5-7,10H2,1-2H3. The van der Waals surface area contributed by atoms with Crippen LogP contribution in [0.4, 0.5) is 0 Å². The van der Waals surface area contributed by atoms with Crippen LogP contribution in [0.2, 0.25) is 0 Å². The number of para-hydroxylation sites is 1. The van der Waals surface area contributed by atoms with Crippen LogP contribution in [-0.4, -0.2) is 18.6 Å². The van der Waals surface area contributed by atoms with Gasteiger partial charge in [-0.1, -0.05) is 12.1 Å². The number of rotatable bonds is 7. The van der Waals surface area contributed by atoms with E-state index in [2.05, 4.69) is 6.07 Å². The van der Waals surface area contributed by atoms with Gasteiger partial charge in [-0.3, -0.25) is 0 Å². The number of unbranched alkanes of at least 4 members (excludes halogenated alkanes) is 1. The van der Waals surface area contributed by atoms with Crippen LogP contribution in [0.1, 0.15) is 26.2 Å². The zero-order chi connectivity index (χ0) is 11.8. The zero-order valence-electron chi connectivity index (χ0n) is 9.86. The van der Waals surface area contributed by atoms with Gasteiger partial charge in [0.1, 0.15) is 11.5 Å². The highest BCUT2D eigenvalue weighted by molar-refractivity contribution is 7.99. The molecule has 2 nitrogen and oxygen atoms in total. The number of Topliss-reactive ketones (excluding diaryl/α,β-unsaturated/α-hetero) is 1. The summed E-state index contributed by atoms with van der Waals surface area (Å²) in [4.78, 5) is 11.9. The first-order valence-electron chi connectivity index (χ1n) is 5.49. The molecule has 0 radical (unpaired) electrons. The SMILES string of the molecule is COc1ccccc1SCCCCC(C)=O. The number of hydrogen-bond acceptors (Lipinski definition) is 3. The Morgan fingerprint density at radius 3 is 2.75 bits per heavy atom. The number of hydrogen-bond donors (Lipinski definition) is 0. The summed E-state index contributed by atoms with van der Waals surface area (Å²) in [5.74, 6) is 2.24. The third kappa shape index (κ3) is 4.71. The lowest BCUT2D eigenvalue weighted by Crippen LogP contribution is -1.91. The first kappa shape index (κ1) is 13.1. The van der Waals surface area contributed by atoms with E-state index in [9.17, 15) is 4.79 Å². The summed E-state index contributed by atoms with van der Waals surface area (Å²) in [5, 5.41) is 0. The summed E-state index contributed by atoms with van der Waals surface area (Å²) in [6, 6.07) is 8.02. The Balaban J connectivity index is 2.28. The molecule has 0 saturated carbocycles. The molecule has 1 aromatic rings. The van der Waals surface area contributed by atoms with Crippen molar-refractivity contribution < 1.29 is 9.53 Å². The van der Waals surface area contributed by atoms with Crippen LogP contribution in [0.25, 0.3) is 0 Å². The fourth-order valence-corrected chi connectivity index (χ4v) is 2.43. The van der Waals surface area contributed by atoms with Gasteiger partial charge in [0.2, 0.25) is 0 Å². The Hall–Kier alpha value is -0.960. The lowest BCUT2D eigenvalue weighted by atomic mass is 10.2. The Bertz CT molecular complexity index is 336. The van der Waals surface area contributed by atoms with Crippen molar-refractivity contribution in [3.05, 3.63) is 24.3 Å². The molecule has 0 aromatic heterocycles. The molecule has 3 heteroatoms. The topological polar surface area (TPSA) is 26.3 Å². The Labute approximate surface area is 101 Å². The summed E-state index contributed by atoms with van der Waals surface area (Å²) in [7, 11) is 1.69. The van der Waals surface area contributed by atoms with E-state index in [4.69, 9.17) is 4.74 Å². The highest BCUT2D eigenvalue weighted by Gasteiger charge is 2.01. The summed E-state index contributed by atoms with van der Waals surface area (Å²) in [6.07, 6.45) is 2.76. The quantitative estimate of drug-likeness (QED) is 0.537. The molecule has 0 aliphatic carbocycles. The molecule has 0 bridgehead atoms. The van der Waals surface area contributed by atoms with Crippen LogP contribution in [0.3, 0.4) is 0 Å². The van der Waals surface area contributed by atoms with Crippen LogP contribution < -0.4 is 4.74 Å². The molecule has 0 saturated heterocycles. The molecule has 0 aliphatic heterocycles. The van der Waals surface area contributed by atoms with Crippen molar-refractivity contribution in [1.82, 2.24) is 0 Å². The molecule has 88 valence electrons. The van der Waals surface area contributed by atoms with Crippen LogP contribution in [-0.2, 0) is 4.79 Å². The second kappa shape index (κ2) is 7.34. The van der Waals surface area contributed by atoms with Gasteiger partial charge in [0.05, 0.1) is 7.11 Å². The van der Waals surface area contributed by atoms with Gasteiger partial charge in [-0.15, -0.1) is 11.8 Å². The van der Waals surface area contributed by atoms with E-state index in [-0.39, 0.29) is 5.78 Å². The molecule has 0 fully saturated rings. The Morgan fingerprint density at radius 2 is 2.06 bits per heavy atom. The maximum Gasteiger partial charge on any atom is 0.132 e. The predicted octanol–water partition coefficient (Wildman–Crippen LogP) is 3.55. The molecular weight excluding hydrogens is 220 g/mol. The molecular formula is C13H18O2S. The maximum atomic E-state index is 10.8. The van der Waals surface area contributed by atoms with Crippen molar-refractivity contribution in [3.8, 4) is 5.75 Å². The van der Waals surface area contributed by atoms with Gasteiger partial charge in [0, 0.05) is 11.3 Å². The van der Waals surface area contributed by atoms with Crippen LogP contribution in [0, 0.1) is 0 Å². The monoisotopic (exact) mass is 238 g/mol. The van der Waals surface area contributed by atoms with E-state index in [0.717, 1.165) is 24.3 Å². The molecule has 16 heavy (non-hydrogen) atoms. The summed E-state index contributed by atoms with van der Waals surface area (Å²) < 4.78 is 5.27. The van der Waals surface area contributed by atoms with Gasteiger partial charge in [-0.25, -0.2) is 0 Å². The first-order chi connectivity index (χ1) is 7.74. The fraction of sp³-hybridized carbons (Fsp3) is 0.462. The minimum atomic E-state index is 0.280. The average Bonchev–Trinajstić information content (AvgIpc) is 2.29. The number of carbonyl (C=O) groups excluding carboxylic acids is 1.